The van der Waals surface area contributed by atoms with E-state index < -0.39 is 24.3 Å². The molecule has 2 aliphatic heterocycles. The van der Waals surface area contributed by atoms with Crippen LogP contribution in [0.2, 0.25) is 0 Å². The average Bonchev–Trinajstić information content (AvgIpc) is 2.87. The molecule has 1 aromatic carbocycles. The number of ether oxygens (including phenoxy) is 3. The number of likely N-dealkylation sites (tertiary alicyclic amines) is 1. The first-order valence-electron chi connectivity index (χ1n) is 12.2. The maximum Gasteiger partial charge on any atom is 0.490 e. The lowest BCUT2D eigenvalue weighted by Crippen LogP contribution is -2.65. The first-order chi connectivity index (χ1) is 19.0. The number of methoxy groups -OCH3 is 1. The van der Waals surface area contributed by atoms with Crippen LogP contribution in [-0.4, -0.2) is 82.9 Å². The number of aromatic nitrogens is 1. The molecule has 2 aliphatic rings. The molecule has 1 atom stereocenters. The Balaban J connectivity index is 0.000000349. The van der Waals surface area contributed by atoms with Crippen molar-refractivity contribution in [1.82, 2.24) is 9.88 Å². The van der Waals surface area contributed by atoms with Crippen LogP contribution in [0.1, 0.15) is 29.8 Å². The summed E-state index contributed by atoms with van der Waals surface area (Å²) in [6.45, 7) is 6.23. The van der Waals surface area contributed by atoms with Gasteiger partial charge in [-0.3, -0.25) is 9.88 Å². The lowest BCUT2D eigenvalue weighted by molar-refractivity contribution is -0.200. The molecule has 41 heavy (non-hydrogen) atoms. The van der Waals surface area contributed by atoms with E-state index in [4.69, 9.17) is 34.0 Å². The number of carbonyl (C=O) groups is 2. The summed E-state index contributed by atoms with van der Waals surface area (Å²) in [4.78, 5) is 24.7. The quantitative estimate of drug-likeness (QED) is 0.461. The van der Waals surface area contributed by atoms with Crippen molar-refractivity contribution in [3.63, 3.8) is 0 Å². The number of hydrogen-bond donors (Lipinski definition) is 2. The van der Waals surface area contributed by atoms with Gasteiger partial charge in [0.15, 0.2) is 0 Å². The number of carboxylic acids is 2. The fraction of sp³-hybridized carbons (Fsp3) is 0.500. The second-order valence-corrected chi connectivity index (χ2v) is 9.33. The van der Waals surface area contributed by atoms with Gasteiger partial charge in [0.2, 0.25) is 0 Å². The third-order valence-corrected chi connectivity index (χ3v) is 5.91. The van der Waals surface area contributed by atoms with Crippen LogP contribution in [0.5, 0.6) is 5.75 Å². The number of pyridine rings is 1. The van der Waals surface area contributed by atoms with E-state index in [1.807, 2.05) is 37.3 Å². The third-order valence-electron chi connectivity index (χ3n) is 5.91. The molecule has 9 nitrogen and oxygen atoms in total. The molecular formula is C26H30F6N2O7. The number of aryl methyl sites for hydroxylation is 1. The average molecular weight is 597 g/mol. The van der Waals surface area contributed by atoms with E-state index in [1.165, 1.54) is 5.56 Å². The molecule has 4 rings (SSSR count). The highest BCUT2D eigenvalue weighted by atomic mass is 19.4. The minimum Gasteiger partial charge on any atom is -0.497 e. The zero-order valence-electron chi connectivity index (χ0n) is 22.2. The lowest BCUT2D eigenvalue weighted by atomic mass is 9.84. The van der Waals surface area contributed by atoms with Crippen molar-refractivity contribution in [2.45, 2.75) is 57.0 Å². The molecule has 0 radical (unpaired) electrons. The maximum absolute atomic E-state index is 10.6. The highest BCUT2D eigenvalue weighted by molar-refractivity contribution is 5.73. The van der Waals surface area contributed by atoms with Gasteiger partial charge in [-0.2, -0.15) is 26.3 Å². The highest BCUT2D eigenvalue weighted by Gasteiger charge is 2.47. The predicted molar refractivity (Wildman–Crippen MR) is 131 cm³/mol. The zero-order chi connectivity index (χ0) is 30.8. The molecule has 2 aromatic rings. The number of aliphatic carboxylic acids is 2. The molecule has 1 unspecified atom stereocenters. The van der Waals surface area contributed by atoms with Gasteiger partial charge in [0.05, 0.1) is 31.1 Å². The summed E-state index contributed by atoms with van der Waals surface area (Å²) in [5.41, 5.74) is 3.27. The van der Waals surface area contributed by atoms with E-state index in [-0.39, 0.29) is 11.7 Å². The van der Waals surface area contributed by atoms with Gasteiger partial charge in [-0.25, -0.2) is 9.59 Å². The molecule has 2 N–H and O–H groups in total. The number of carboxylic acid groups (broad SMARTS) is 2. The van der Waals surface area contributed by atoms with Crippen molar-refractivity contribution in [1.29, 1.82) is 0 Å². The van der Waals surface area contributed by atoms with Crippen molar-refractivity contribution in [2.75, 3.05) is 26.8 Å². The summed E-state index contributed by atoms with van der Waals surface area (Å²) in [5, 5.41) is 14.2. The number of halogens is 6. The monoisotopic (exact) mass is 596 g/mol. The summed E-state index contributed by atoms with van der Waals surface area (Å²) >= 11 is 0. The molecule has 0 aliphatic carbocycles. The first-order valence-corrected chi connectivity index (χ1v) is 12.2. The fourth-order valence-electron chi connectivity index (χ4n) is 4.14. The summed E-state index contributed by atoms with van der Waals surface area (Å²) < 4.78 is 81.1. The summed E-state index contributed by atoms with van der Waals surface area (Å²) in [6.07, 6.45) is -7.99. The van der Waals surface area contributed by atoms with Crippen LogP contribution in [-0.2, 0) is 32.2 Å². The van der Waals surface area contributed by atoms with Crippen molar-refractivity contribution < 1.29 is 60.4 Å². The van der Waals surface area contributed by atoms with Crippen molar-refractivity contribution >= 4 is 11.9 Å². The fourth-order valence-corrected chi connectivity index (χ4v) is 4.14. The lowest BCUT2D eigenvalue weighted by Gasteiger charge is -2.53. The van der Waals surface area contributed by atoms with Crippen molar-refractivity contribution in [3.05, 3.63) is 59.4 Å². The SMILES string of the molecule is COc1cccc(CN2CC3(CC(OCc4cccc(C)n4)CCO3)C2)c1.O=C(O)C(F)(F)F.O=C(O)C(F)(F)F. The Morgan fingerprint density at radius 1 is 1.05 bits per heavy atom. The van der Waals surface area contributed by atoms with E-state index >= 15 is 0 Å². The van der Waals surface area contributed by atoms with Crippen LogP contribution in [0.25, 0.3) is 0 Å². The number of rotatable bonds is 6. The summed E-state index contributed by atoms with van der Waals surface area (Å²) in [6, 6.07) is 14.4. The van der Waals surface area contributed by atoms with Gasteiger partial charge in [0.1, 0.15) is 5.75 Å². The Bertz CT molecular complexity index is 1130. The molecule has 2 fully saturated rings. The molecule has 1 spiro atoms. The van der Waals surface area contributed by atoms with Gasteiger partial charge in [-0.1, -0.05) is 18.2 Å². The third kappa shape index (κ3) is 11.5. The van der Waals surface area contributed by atoms with Gasteiger partial charge in [0, 0.05) is 38.4 Å². The molecule has 1 aromatic heterocycles. The Hall–Kier alpha value is -3.43. The van der Waals surface area contributed by atoms with Crippen LogP contribution >= 0.6 is 0 Å². The molecule has 228 valence electrons. The minimum absolute atomic E-state index is 0.0399. The Morgan fingerprint density at radius 3 is 2.17 bits per heavy atom. The van der Waals surface area contributed by atoms with Crippen LogP contribution in [0.15, 0.2) is 42.5 Å². The van der Waals surface area contributed by atoms with Crippen LogP contribution in [0.4, 0.5) is 26.3 Å². The molecule has 2 saturated heterocycles. The van der Waals surface area contributed by atoms with E-state index in [0.29, 0.717) is 6.61 Å². The minimum atomic E-state index is -5.08. The van der Waals surface area contributed by atoms with E-state index in [2.05, 4.69) is 22.0 Å². The number of nitrogens with zero attached hydrogens (tertiary/aromatic N) is 2. The topological polar surface area (TPSA) is 118 Å². The van der Waals surface area contributed by atoms with Gasteiger partial charge >= 0.3 is 24.3 Å². The second-order valence-electron chi connectivity index (χ2n) is 9.33. The predicted octanol–water partition coefficient (Wildman–Crippen LogP) is 4.62. The number of alkyl halides is 6. The number of benzene rings is 1. The maximum atomic E-state index is 10.6. The van der Waals surface area contributed by atoms with E-state index in [1.54, 1.807) is 7.11 Å². The highest BCUT2D eigenvalue weighted by Crippen LogP contribution is 2.36. The van der Waals surface area contributed by atoms with Crippen molar-refractivity contribution in [2.24, 2.45) is 0 Å². The molecule has 3 heterocycles. The molecule has 0 amide bonds. The number of hydrogen-bond acceptors (Lipinski definition) is 7. The Kier molecular flexibility index (Phi) is 11.9. The van der Waals surface area contributed by atoms with Crippen LogP contribution in [0.3, 0.4) is 0 Å². The normalized spacial score (nSPS) is 18.2. The Labute approximate surface area is 231 Å². The Morgan fingerprint density at radius 2 is 1.63 bits per heavy atom. The van der Waals surface area contributed by atoms with Crippen LogP contribution in [0, 0.1) is 6.92 Å². The zero-order valence-corrected chi connectivity index (χ0v) is 22.2. The second kappa shape index (κ2) is 14.5. The van der Waals surface area contributed by atoms with Gasteiger partial charge in [-0.15, -0.1) is 0 Å². The van der Waals surface area contributed by atoms with Crippen LogP contribution < -0.4 is 4.74 Å². The summed E-state index contributed by atoms with van der Waals surface area (Å²) in [7, 11) is 1.71. The molecule has 15 heteroatoms. The molecule has 0 bridgehead atoms. The van der Waals surface area contributed by atoms with E-state index in [0.717, 1.165) is 56.2 Å². The van der Waals surface area contributed by atoms with E-state index in [9.17, 15) is 26.3 Å². The van der Waals surface area contributed by atoms with Crippen molar-refractivity contribution in [3.8, 4) is 5.75 Å². The summed E-state index contributed by atoms with van der Waals surface area (Å²) in [5.74, 6) is -4.60. The smallest absolute Gasteiger partial charge is 0.490 e. The molecule has 0 saturated carbocycles. The standard InChI is InChI=1S/C22H28N2O3.2C2HF3O2/c1-17-5-3-7-19(23-17)14-26-21-9-10-27-22(12-21)15-24(16-22)13-18-6-4-8-20(11-18)25-2;2*3-2(4,5)1(6)7/h3-8,11,21H,9-10,12-16H2,1-2H3;2*(H,6,7). The first kappa shape index (κ1) is 33.8. The molecular weight excluding hydrogens is 566 g/mol. The van der Waals surface area contributed by atoms with Gasteiger partial charge in [-0.05, 0) is 43.2 Å². The van der Waals surface area contributed by atoms with Gasteiger partial charge < -0.3 is 24.4 Å². The van der Waals surface area contributed by atoms with Gasteiger partial charge in [0.25, 0.3) is 0 Å². The largest absolute Gasteiger partial charge is 0.497 e.